The lowest BCUT2D eigenvalue weighted by Gasteiger charge is -2.35. The molecule has 3 nitrogen and oxygen atoms in total. The van der Waals surface area contributed by atoms with Crippen LogP contribution in [0.1, 0.15) is 40.0 Å². The van der Waals surface area contributed by atoms with Gasteiger partial charge in [0.05, 0.1) is 0 Å². The predicted octanol–water partition coefficient (Wildman–Crippen LogP) is 2.10. The summed E-state index contributed by atoms with van der Waals surface area (Å²) < 4.78 is 0. The Bertz CT molecular complexity index is 250. The van der Waals surface area contributed by atoms with Crippen LogP contribution in [0.15, 0.2) is 0 Å². The van der Waals surface area contributed by atoms with Crippen LogP contribution in [0.3, 0.4) is 0 Å². The molecule has 0 aliphatic heterocycles. The SMILES string of the molecule is CC(C)(C)[C@@H]1CCC(=O)[C@H](C(=O)O)C1. The normalized spacial score (nSPS) is 28.9. The minimum absolute atomic E-state index is 0.0991. The molecular weight excluding hydrogens is 180 g/mol. The molecule has 1 rings (SSSR count). The molecule has 2 atom stereocenters. The highest BCUT2D eigenvalue weighted by atomic mass is 16.4. The molecule has 0 radical (unpaired) electrons. The predicted molar refractivity (Wildman–Crippen MR) is 52.9 cm³/mol. The Morgan fingerprint density at radius 1 is 1.43 bits per heavy atom. The zero-order valence-electron chi connectivity index (χ0n) is 9.04. The summed E-state index contributed by atoms with van der Waals surface area (Å²) in [6, 6.07) is 0. The maximum atomic E-state index is 11.3. The van der Waals surface area contributed by atoms with Gasteiger partial charge in [-0.1, -0.05) is 20.8 Å². The molecule has 0 amide bonds. The molecule has 1 N–H and O–H groups in total. The summed E-state index contributed by atoms with van der Waals surface area (Å²) in [6.07, 6.45) is 1.78. The molecule has 0 heterocycles. The lowest BCUT2D eigenvalue weighted by atomic mass is 9.69. The van der Waals surface area contributed by atoms with E-state index in [1.807, 2.05) is 0 Å². The van der Waals surface area contributed by atoms with Crippen molar-refractivity contribution in [2.24, 2.45) is 17.3 Å². The standard InChI is InChI=1S/C11H18O3/c1-11(2,3)7-4-5-9(12)8(6-7)10(13)14/h7-8H,4-6H2,1-3H3,(H,13,14)/t7-,8-/m1/s1. The molecule has 1 fully saturated rings. The van der Waals surface area contributed by atoms with Crippen LogP contribution in [0.4, 0.5) is 0 Å². The number of carboxylic acid groups (broad SMARTS) is 1. The van der Waals surface area contributed by atoms with Crippen LogP contribution in [0.5, 0.6) is 0 Å². The molecular formula is C11H18O3. The van der Waals surface area contributed by atoms with Gasteiger partial charge in [-0.2, -0.15) is 0 Å². The second kappa shape index (κ2) is 3.71. The molecule has 0 saturated heterocycles. The van der Waals surface area contributed by atoms with Gasteiger partial charge in [0, 0.05) is 6.42 Å². The summed E-state index contributed by atoms with van der Waals surface area (Å²) in [5.41, 5.74) is 0.106. The summed E-state index contributed by atoms with van der Waals surface area (Å²) in [4.78, 5) is 22.1. The van der Waals surface area contributed by atoms with Crippen LogP contribution in [0.2, 0.25) is 0 Å². The number of carbonyl (C=O) groups excluding carboxylic acids is 1. The van der Waals surface area contributed by atoms with E-state index in [-0.39, 0.29) is 11.2 Å². The molecule has 0 aromatic heterocycles. The number of carbonyl (C=O) groups is 2. The molecule has 0 aromatic carbocycles. The van der Waals surface area contributed by atoms with E-state index in [0.717, 1.165) is 6.42 Å². The smallest absolute Gasteiger partial charge is 0.314 e. The first-order valence-corrected chi connectivity index (χ1v) is 5.08. The first kappa shape index (κ1) is 11.2. The van der Waals surface area contributed by atoms with Crippen molar-refractivity contribution in [1.82, 2.24) is 0 Å². The highest BCUT2D eigenvalue weighted by Gasteiger charge is 2.38. The van der Waals surface area contributed by atoms with Crippen LogP contribution >= 0.6 is 0 Å². The van der Waals surface area contributed by atoms with Crippen LogP contribution in [0.25, 0.3) is 0 Å². The lowest BCUT2D eigenvalue weighted by molar-refractivity contribution is -0.149. The fraction of sp³-hybridized carbons (Fsp3) is 0.818. The number of hydrogen-bond donors (Lipinski definition) is 1. The zero-order chi connectivity index (χ0) is 10.9. The number of hydrogen-bond acceptors (Lipinski definition) is 2. The van der Waals surface area contributed by atoms with Crippen molar-refractivity contribution in [3.8, 4) is 0 Å². The zero-order valence-corrected chi connectivity index (χ0v) is 9.04. The van der Waals surface area contributed by atoms with Gasteiger partial charge in [-0.3, -0.25) is 9.59 Å². The van der Waals surface area contributed by atoms with Crippen molar-refractivity contribution in [1.29, 1.82) is 0 Å². The van der Waals surface area contributed by atoms with Gasteiger partial charge in [0.2, 0.25) is 0 Å². The van der Waals surface area contributed by atoms with Crippen molar-refractivity contribution in [2.45, 2.75) is 40.0 Å². The first-order chi connectivity index (χ1) is 6.32. The summed E-state index contributed by atoms with van der Waals surface area (Å²) >= 11 is 0. The van der Waals surface area contributed by atoms with Crippen LogP contribution < -0.4 is 0 Å². The third kappa shape index (κ3) is 2.34. The highest BCUT2D eigenvalue weighted by molar-refractivity contribution is 5.98. The highest BCUT2D eigenvalue weighted by Crippen LogP contribution is 2.38. The van der Waals surface area contributed by atoms with E-state index in [4.69, 9.17) is 5.11 Å². The fourth-order valence-corrected chi connectivity index (χ4v) is 2.05. The Morgan fingerprint density at radius 2 is 2.00 bits per heavy atom. The third-order valence-corrected chi connectivity index (χ3v) is 3.17. The Labute approximate surface area is 84.5 Å². The molecule has 0 bridgehead atoms. The van der Waals surface area contributed by atoms with Gasteiger partial charge in [0.25, 0.3) is 0 Å². The number of carboxylic acids is 1. The van der Waals surface area contributed by atoms with Crippen LogP contribution in [-0.2, 0) is 9.59 Å². The van der Waals surface area contributed by atoms with Gasteiger partial charge in [-0.05, 0) is 24.2 Å². The van der Waals surface area contributed by atoms with Gasteiger partial charge in [0.15, 0.2) is 0 Å². The fourth-order valence-electron chi connectivity index (χ4n) is 2.05. The van der Waals surface area contributed by atoms with E-state index in [0.29, 0.717) is 18.8 Å². The minimum atomic E-state index is -0.955. The lowest BCUT2D eigenvalue weighted by Crippen LogP contribution is -2.35. The molecule has 0 spiro atoms. The van der Waals surface area contributed by atoms with E-state index in [2.05, 4.69) is 20.8 Å². The molecule has 3 heteroatoms. The summed E-state index contributed by atoms with van der Waals surface area (Å²) in [5, 5.41) is 8.87. The van der Waals surface area contributed by atoms with Crippen molar-refractivity contribution in [3.63, 3.8) is 0 Å². The quantitative estimate of drug-likeness (QED) is 0.656. The topological polar surface area (TPSA) is 54.4 Å². The van der Waals surface area contributed by atoms with Crippen molar-refractivity contribution < 1.29 is 14.7 Å². The number of Topliss-reactive ketones (excluding diaryl/α,β-unsaturated/α-hetero) is 1. The van der Waals surface area contributed by atoms with Gasteiger partial charge in [0.1, 0.15) is 11.7 Å². The molecule has 80 valence electrons. The van der Waals surface area contributed by atoms with Gasteiger partial charge in [-0.15, -0.1) is 0 Å². The molecule has 0 unspecified atom stereocenters. The summed E-state index contributed by atoms with van der Waals surface area (Å²) in [5.74, 6) is -1.46. The third-order valence-electron chi connectivity index (χ3n) is 3.17. The van der Waals surface area contributed by atoms with Crippen LogP contribution in [0, 0.1) is 17.3 Å². The maximum absolute atomic E-state index is 11.3. The molecule has 1 aliphatic rings. The summed E-state index contributed by atoms with van der Waals surface area (Å²) in [7, 11) is 0. The van der Waals surface area contributed by atoms with E-state index >= 15 is 0 Å². The monoisotopic (exact) mass is 198 g/mol. The van der Waals surface area contributed by atoms with Crippen molar-refractivity contribution in [2.75, 3.05) is 0 Å². The molecule has 14 heavy (non-hydrogen) atoms. The minimum Gasteiger partial charge on any atom is -0.481 e. The Balaban J connectivity index is 2.72. The van der Waals surface area contributed by atoms with Crippen molar-refractivity contribution in [3.05, 3.63) is 0 Å². The van der Waals surface area contributed by atoms with E-state index in [1.54, 1.807) is 0 Å². The number of aliphatic carboxylic acids is 1. The Kier molecular flexibility index (Phi) is 2.98. The second-order valence-corrected chi connectivity index (χ2v) is 5.19. The molecule has 1 saturated carbocycles. The van der Waals surface area contributed by atoms with Gasteiger partial charge < -0.3 is 5.11 Å². The first-order valence-electron chi connectivity index (χ1n) is 5.08. The number of rotatable bonds is 1. The number of ketones is 1. The van der Waals surface area contributed by atoms with Gasteiger partial charge in [-0.25, -0.2) is 0 Å². The van der Waals surface area contributed by atoms with Gasteiger partial charge >= 0.3 is 5.97 Å². The Morgan fingerprint density at radius 3 is 2.43 bits per heavy atom. The Hall–Kier alpha value is -0.860. The summed E-state index contributed by atoms with van der Waals surface area (Å²) in [6.45, 7) is 6.31. The maximum Gasteiger partial charge on any atom is 0.314 e. The van der Waals surface area contributed by atoms with E-state index in [1.165, 1.54) is 0 Å². The molecule has 0 aromatic rings. The van der Waals surface area contributed by atoms with Crippen LogP contribution in [-0.4, -0.2) is 16.9 Å². The second-order valence-electron chi connectivity index (χ2n) is 5.19. The largest absolute Gasteiger partial charge is 0.481 e. The average Bonchev–Trinajstić information content (AvgIpc) is 2.02. The van der Waals surface area contributed by atoms with Crippen molar-refractivity contribution >= 4 is 11.8 Å². The average molecular weight is 198 g/mol. The molecule has 1 aliphatic carbocycles. The van der Waals surface area contributed by atoms with E-state index in [9.17, 15) is 9.59 Å². The van der Waals surface area contributed by atoms with E-state index < -0.39 is 11.9 Å².